The Morgan fingerprint density at radius 2 is 1.47 bits per heavy atom. The van der Waals surface area contributed by atoms with Gasteiger partial charge in [-0.2, -0.15) is 8.42 Å². The largest absolute Gasteiger partial charge is 0.409 e. The minimum atomic E-state index is -4.23. The lowest BCUT2D eigenvalue weighted by atomic mass is 9.49. The van der Waals surface area contributed by atoms with Crippen LogP contribution in [0, 0.1) is 23.2 Å². The highest BCUT2D eigenvalue weighted by Crippen LogP contribution is 2.61. The monoisotopic (exact) mass is 433 g/mol. The second-order valence-electron chi connectivity index (χ2n) is 10.7. The summed E-state index contributed by atoms with van der Waals surface area (Å²) < 4.78 is 33.3. The van der Waals surface area contributed by atoms with Gasteiger partial charge in [-0.3, -0.25) is 4.79 Å². The summed E-state index contributed by atoms with van der Waals surface area (Å²) in [5.41, 5.74) is 1.66. The van der Waals surface area contributed by atoms with Gasteiger partial charge in [0, 0.05) is 6.42 Å². The number of carbonyl (C=O) groups is 1. The molecule has 0 radical (unpaired) electrons. The van der Waals surface area contributed by atoms with Crippen LogP contribution in [0.2, 0.25) is 0 Å². The van der Waals surface area contributed by atoms with Gasteiger partial charge >= 0.3 is 10.3 Å². The van der Waals surface area contributed by atoms with Gasteiger partial charge in [0.05, 0.1) is 0 Å². The highest BCUT2D eigenvalue weighted by molar-refractivity contribution is 7.85. The number of nitrogens with one attached hydrogen (secondary N) is 1. The highest BCUT2D eigenvalue weighted by Gasteiger charge is 2.51. The zero-order chi connectivity index (χ0) is 21.7. The lowest BCUT2D eigenvalue weighted by Crippen LogP contribution is -2.48. The quantitative estimate of drug-likeness (QED) is 0.635. The Labute approximate surface area is 181 Å². The molecule has 166 valence electrons. The van der Waals surface area contributed by atoms with E-state index in [2.05, 4.69) is 4.72 Å². The van der Waals surface area contributed by atoms with E-state index in [9.17, 15) is 13.2 Å². The fraction of sp³-hybridized carbons (Fsp3) is 0.708. The molecule has 30 heavy (non-hydrogen) atoms. The third-order valence-electron chi connectivity index (χ3n) is 7.45. The van der Waals surface area contributed by atoms with E-state index in [1.165, 1.54) is 19.3 Å². The number of carbonyl (C=O) groups excluding carboxylic acids is 1. The summed E-state index contributed by atoms with van der Waals surface area (Å²) in [5.74, 6) is 2.33. The Kier molecular flexibility index (Phi) is 5.67. The molecule has 1 N–H and O–H groups in total. The zero-order valence-electron chi connectivity index (χ0n) is 18.6. The standard InChI is InChI=1S/C24H35NO4S/c1-15(2)20-6-5-7-21(16(3)4)23(20)29-30(27,28)25-22(26)14-24-11-17-8-18(12-24)10-19(9-17)13-24/h5-7,15-19H,8-14H2,1-4H3,(H,25,26). The van der Waals surface area contributed by atoms with Crippen molar-refractivity contribution in [2.24, 2.45) is 23.2 Å². The summed E-state index contributed by atoms with van der Waals surface area (Å²) in [6.45, 7) is 8.02. The number of hydrogen-bond donors (Lipinski definition) is 1. The lowest BCUT2D eigenvalue weighted by molar-refractivity contribution is -0.127. The van der Waals surface area contributed by atoms with Crippen molar-refractivity contribution in [1.82, 2.24) is 4.72 Å². The molecule has 4 aliphatic carbocycles. The molecule has 5 nitrogen and oxygen atoms in total. The molecule has 4 aliphatic rings. The molecule has 1 amide bonds. The molecular weight excluding hydrogens is 398 g/mol. The molecule has 6 heteroatoms. The fourth-order valence-electron chi connectivity index (χ4n) is 6.73. The second kappa shape index (κ2) is 7.85. The first-order chi connectivity index (χ1) is 14.1. The molecule has 4 saturated carbocycles. The molecule has 0 atom stereocenters. The van der Waals surface area contributed by atoms with Gasteiger partial charge in [-0.25, -0.2) is 4.72 Å². The fourth-order valence-corrected chi connectivity index (χ4v) is 7.54. The van der Waals surface area contributed by atoms with Crippen LogP contribution in [0.5, 0.6) is 5.75 Å². The number of para-hydroxylation sites is 1. The normalized spacial score (nSPS) is 30.1. The van der Waals surface area contributed by atoms with Crippen LogP contribution in [0.3, 0.4) is 0 Å². The average molecular weight is 434 g/mol. The van der Waals surface area contributed by atoms with Gasteiger partial charge < -0.3 is 4.18 Å². The Balaban J connectivity index is 1.48. The summed E-state index contributed by atoms with van der Waals surface area (Å²) >= 11 is 0. The van der Waals surface area contributed by atoms with Crippen LogP contribution in [0.1, 0.15) is 95.6 Å². The molecule has 1 aromatic rings. The van der Waals surface area contributed by atoms with E-state index in [0.717, 1.165) is 48.1 Å². The number of benzene rings is 1. The van der Waals surface area contributed by atoms with Crippen molar-refractivity contribution < 1.29 is 17.4 Å². The Morgan fingerprint density at radius 1 is 1.00 bits per heavy atom. The van der Waals surface area contributed by atoms with Crippen LogP contribution >= 0.6 is 0 Å². The van der Waals surface area contributed by atoms with Crippen LogP contribution in [0.25, 0.3) is 0 Å². The minimum absolute atomic E-state index is 0.00666. The van der Waals surface area contributed by atoms with Crippen LogP contribution in [0.15, 0.2) is 18.2 Å². The maximum atomic E-state index is 12.8. The molecule has 4 fully saturated rings. The summed E-state index contributed by atoms with van der Waals surface area (Å²) in [5, 5.41) is 0. The van der Waals surface area contributed by atoms with Gasteiger partial charge in [-0.15, -0.1) is 0 Å². The van der Waals surface area contributed by atoms with Gasteiger partial charge in [0.25, 0.3) is 0 Å². The van der Waals surface area contributed by atoms with E-state index in [0.29, 0.717) is 12.2 Å². The molecule has 0 aliphatic heterocycles. The van der Waals surface area contributed by atoms with Gasteiger partial charge in [0.2, 0.25) is 5.91 Å². The second-order valence-corrected chi connectivity index (χ2v) is 12.0. The average Bonchev–Trinajstić information content (AvgIpc) is 2.58. The molecule has 0 spiro atoms. The highest BCUT2D eigenvalue weighted by atomic mass is 32.2. The third-order valence-corrected chi connectivity index (χ3v) is 8.32. The first-order valence-corrected chi connectivity index (χ1v) is 12.8. The number of hydrogen-bond acceptors (Lipinski definition) is 4. The molecule has 0 heterocycles. The van der Waals surface area contributed by atoms with E-state index in [-0.39, 0.29) is 17.3 Å². The molecule has 0 aromatic heterocycles. The Hall–Kier alpha value is -1.56. The van der Waals surface area contributed by atoms with Crippen LogP contribution in [-0.4, -0.2) is 14.3 Å². The van der Waals surface area contributed by atoms with Crippen molar-refractivity contribution in [3.63, 3.8) is 0 Å². The van der Waals surface area contributed by atoms with Crippen molar-refractivity contribution >= 4 is 16.2 Å². The zero-order valence-corrected chi connectivity index (χ0v) is 19.4. The molecule has 5 rings (SSSR count). The van der Waals surface area contributed by atoms with E-state index >= 15 is 0 Å². The summed E-state index contributed by atoms with van der Waals surface area (Å²) in [4.78, 5) is 12.8. The maximum absolute atomic E-state index is 12.8. The van der Waals surface area contributed by atoms with E-state index in [1.807, 2.05) is 45.9 Å². The Morgan fingerprint density at radius 3 is 1.90 bits per heavy atom. The van der Waals surface area contributed by atoms with Gasteiger partial charge in [-0.1, -0.05) is 45.9 Å². The van der Waals surface area contributed by atoms with Crippen LogP contribution in [-0.2, 0) is 15.1 Å². The molecular formula is C24H35NO4S. The van der Waals surface area contributed by atoms with Crippen LogP contribution < -0.4 is 8.91 Å². The smallest absolute Gasteiger partial charge is 0.366 e. The van der Waals surface area contributed by atoms with E-state index in [1.54, 1.807) is 0 Å². The van der Waals surface area contributed by atoms with Crippen molar-refractivity contribution in [2.45, 2.75) is 84.5 Å². The number of amides is 1. The molecule has 1 aromatic carbocycles. The summed E-state index contributed by atoms with van der Waals surface area (Å²) in [6.07, 6.45) is 7.40. The molecule has 0 saturated heterocycles. The predicted octanol–water partition coefficient (Wildman–Crippen LogP) is 5.28. The number of rotatable bonds is 7. The lowest BCUT2D eigenvalue weighted by Gasteiger charge is -2.56. The SMILES string of the molecule is CC(C)c1cccc(C(C)C)c1OS(=O)(=O)NC(=O)CC12CC3CC(CC(C3)C1)C2. The van der Waals surface area contributed by atoms with Crippen LogP contribution in [0.4, 0.5) is 0 Å². The third kappa shape index (κ3) is 4.39. The predicted molar refractivity (Wildman–Crippen MR) is 118 cm³/mol. The van der Waals surface area contributed by atoms with Crippen molar-refractivity contribution in [2.75, 3.05) is 0 Å². The van der Waals surface area contributed by atoms with Crippen molar-refractivity contribution in [1.29, 1.82) is 0 Å². The topological polar surface area (TPSA) is 72.5 Å². The van der Waals surface area contributed by atoms with E-state index < -0.39 is 16.2 Å². The molecule has 0 unspecified atom stereocenters. The molecule has 4 bridgehead atoms. The summed E-state index contributed by atoms with van der Waals surface area (Å²) in [7, 11) is -4.23. The Bertz CT molecular complexity index is 858. The first-order valence-electron chi connectivity index (χ1n) is 11.4. The van der Waals surface area contributed by atoms with Crippen molar-refractivity contribution in [3.05, 3.63) is 29.3 Å². The summed E-state index contributed by atoms with van der Waals surface area (Å²) in [6, 6.07) is 5.70. The van der Waals surface area contributed by atoms with E-state index in [4.69, 9.17) is 4.18 Å². The van der Waals surface area contributed by atoms with Gasteiger partial charge in [0.1, 0.15) is 0 Å². The van der Waals surface area contributed by atoms with Gasteiger partial charge in [-0.05, 0) is 84.7 Å². The maximum Gasteiger partial charge on any atom is 0.409 e. The minimum Gasteiger partial charge on any atom is -0.366 e. The van der Waals surface area contributed by atoms with Crippen molar-refractivity contribution in [3.8, 4) is 5.75 Å². The van der Waals surface area contributed by atoms with Gasteiger partial charge in [0.15, 0.2) is 5.75 Å². The first kappa shape index (κ1) is 21.7.